The van der Waals surface area contributed by atoms with Crippen LogP contribution in [-0.2, 0) is 11.2 Å². The molecule has 1 aromatic heterocycles. The molecule has 4 heteroatoms. The summed E-state index contributed by atoms with van der Waals surface area (Å²) in [5.74, 6) is -0.744. The molecule has 0 aliphatic carbocycles. The van der Waals surface area contributed by atoms with E-state index >= 15 is 0 Å². The summed E-state index contributed by atoms with van der Waals surface area (Å²) in [5.41, 5.74) is 0. The van der Waals surface area contributed by atoms with Crippen LogP contribution in [0.15, 0.2) is 28.7 Å². The van der Waals surface area contributed by atoms with Crippen molar-refractivity contribution >= 4 is 43.3 Å². The number of aryl methyl sites for hydroxylation is 1. The molecule has 2 nitrogen and oxygen atoms in total. The highest BCUT2D eigenvalue weighted by molar-refractivity contribution is 9.10. The second kappa shape index (κ2) is 4.33. The minimum Gasteiger partial charge on any atom is -0.481 e. The number of hydrogen-bond donors (Lipinski definition) is 1. The summed E-state index contributed by atoms with van der Waals surface area (Å²) in [6.45, 7) is 0. The van der Waals surface area contributed by atoms with Gasteiger partial charge in [-0.15, -0.1) is 11.3 Å². The van der Waals surface area contributed by atoms with E-state index in [0.29, 0.717) is 6.42 Å². The number of carbonyl (C=O) groups is 1. The highest BCUT2D eigenvalue weighted by Crippen LogP contribution is 2.32. The van der Waals surface area contributed by atoms with Gasteiger partial charge in [-0.1, -0.05) is 12.1 Å². The molecule has 0 fully saturated rings. The summed E-state index contributed by atoms with van der Waals surface area (Å²) in [5, 5.41) is 9.78. The molecular formula is C11H9BrO2S. The Balaban J connectivity index is 2.31. The van der Waals surface area contributed by atoms with Crippen molar-refractivity contribution in [1.29, 1.82) is 0 Å². The second-order valence-corrected chi connectivity index (χ2v) is 5.26. The minimum atomic E-state index is -0.744. The van der Waals surface area contributed by atoms with E-state index in [2.05, 4.69) is 22.0 Å². The van der Waals surface area contributed by atoms with Gasteiger partial charge in [-0.05, 0) is 39.9 Å². The molecule has 1 heterocycles. The van der Waals surface area contributed by atoms with E-state index < -0.39 is 5.97 Å². The van der Waals surface area contributed by atoms with Crippen molar-refractivity contribution < 1.29 is 9.90 Å². The first-order valence-electron chi connectivity index (χ1n) is 4.55. The molecule has 2 rings (SSSR count). The van der Waals surface area contributed by atoms with Crippen molar-refractivity contribution in [2.75, 3.05) is 0 Å². The van der Waals surface area contributed by atoms with E-state index in [1.165, 1.54) is 10.1 Å². The van der Waals surface area contributed by atoms with Gasteiger partial charge >= 0.3 is 5.97 Å². The van der Waals surface area contributed by atoms with Crippen LogP contribution in [-0.4, -0.2) is 11.1 Å². The van der Waals surface area contributed by atoms with Gasteiger partial charge in [-0.2, -0.15) is 0 Å². The van der Waals surface area contributed by atoms with Crippen molar-refractivity contribution in [3.8, 4) is 0 Å². The third-order valence-electron chi connectivity index (χ3n) is 2.13. The van der Waals surface area contributed by atoms with Crippen LogP contribution in [0.5, 0.6) is 0 Å². The van der Waals surface area contributed by atoms with Crippen LogP contribution in [0.25, 0.3) is 10.1 Å². The van der Waals surface area contributed by atoms with Gasteiger partial charge in [-0.25, -0.2) is 0 Å². The Bertz CT molecular complexity index is 504. The maximum absolute atomic E-state index is 10.5. The number of rotatable bonds is 3. The van der Waals surface area contributed by atoms with Gasteiger partial charge in [0.05, 0.1) is 6.42 Å². The summed E-state index contributed by atoms with van der Waals surface area (Å²) in [7, 11) is 0. The monoisotopic (exact) mass is 284 g/mol. The third-order valence-corrected chi connectivity index (χ3v) is 4.30. The molecule has 0 aliphatic rings. The molecule has 0 unspecified atom stereocenters. The number of hydrogen-bond acceptors (Lipinski definition) is 2. The Morgan fingerprint density at radius 1 is 1.47 bits per heavy atom. The molecule has 0 bridgehead atoms. The Morgan fingerprint density at radius 2 is 2.27 bits per heavy atom. The van der Waals surface area contributed by atoms with Gasteiger partial charge < -0.3 is 5.11 Å². The van der Waals surface area contributed by atoms with Crippen molar-refractivity contribution in [3.05, 3.63) is 33.6 Å². The molecule has 0 saturated carbocycles. The fraction of sp³-hybridized carbons (Fsp3) is 0.182. The summed E-state index contributed by atoms with van der Waals surface area (Å²) < 4.78 is 2.27. The van der Waals surface area contributed by atoms with E-state index in [1.54, 1.807) is 11.3 Å². The van der Waals surface area contributed by atoms with Crippen LogP contribution in [0.1, 0.15) is 11.3 Å². The highest BCUT2D eigenvalue weighted by atomic mass is 79.9. The zero-order chi connectivity index (χ0) is 10.8. The molecule has 1 N–H and O–H groups in total. The molecule has 0 atom stereocenters. The Kier molecular flexibility index (Phi) is 3.07. The molecule has 15 heavy (non-hydrogen) atoms. The number of halogens is 1. The van der Waals surface area contributed by atoms with E-state index in [1.807, 2.05) is 18.2 Å². The van der Waals surface area contributed by atoms with E-state index in [0.717, 1.165) is 9.35 Å². The number of fused-ring (bicyclic) bond motifs is 1. The standard InChI is InChI=1S/C11H9BrO2S/c12-9-3-1-2-7-6-8(15-11(7)9)4-5-10(13)14/h1-3,6H,4-5H2,(H,13,14). The molecule has 2 aromatic rings. The molecule has 78 valence electrons. The van der Waals surface area contributed by atoms with E-state index in [4.69, 9.17) is 5.11 Å². The van der Waals surface area contributed by atoms with E-state index in [9.17, 15) is 4.79 Å². The molecule has 0 radical (unpaired) electrons. The fourth-order valence-electron chi connectivity index (χ4n) is 1.43. The van der Waals surface area contributed by atoms with Crippen molar-refractivity contribution in [3.63, 3.8) is 0 Å². The largest absolute Gasteiger partial charge is 0.481 e. The number of carboxylic acids is 1. The minimum absolute atomic E-state index is 0.199. The topological polar surface area (TPSA) is 37.3 Å². The second-order valence-electron chi connectivity index (χ2n) is 3.26. The third kappa shape index (κ3) is 2.38. The molecule has 0 spiro atoms. The lowest BCUT2D eigenvalue weighted by molar-refractivity contribution is -0.136. The Labute approximate surface area is 99.7 Å². The maximum atomic E-state index is 10.5. The fourth-order valence-corrected chi connectivity index (χ4v) is 3.12. The lowest BCUT2D eigenvalue weighted by atomic mass is 10.2. The van der Waals surface area contributed by atoms with Crippen LogP contribution in [0.4, 0.5) is 0 Å². The zero-order valence-electron chi connectivity index (χ0n) is 7.87. The molecule has 0 aliphatic heterocycles. The zero-order valence-corrected chi connectivity index (χ0v) is 10.3. The Hall–Kier alpha value is -0.870. The number of benzene rings is 1. The van der Waals surface area contributed by atoms with Gasteiger partial charge in [0.15, 0.2) is 0 Å². The van der Waals surface area contributed by atoms with Crippen molar-refractivity contribution in [2.45, 2.75) is 12.8 Å². The summed E-state index contributed by atoms with van der Waals surface area (Å²) in [4.78, 5) is 11.6. The summed E-state index contributed by atoms with van der Waals surface area (Å²) >= 11 is 5.14. The number of carboxylic acid groups (broad SMARTS) is 1. The predicted octanol–water partition coefficient (Wildman–Crippen LogP) is 3.68. The van der Waals surface area contributed by atoms with Gasteiger partial charge in [0.25, 0.3) is 0 Å². The molecule has 0 amide bonds. The van der Waals surface area contributed by atoms with Crippen LogP contribution in [0.3, 0.4) is 0 Å². The maximum Gasteiger partial charge on any atom is 0.303 e. The molecule has 1 aromatic carbocycles. The lowest BCUT2D eigenvalue weighted by Gasteiger charge is -1.91. The van der Waals surface area contributed by atoms with Crippen LogP contribution >= 0.6 is 27.3 Å². The first kappa shape index (κ1) is 10.6. The van der Waals surface area contributed by atoms with Gasteiger partial charge in [-0.3, -0.25) is 4.79 Å². The average Bonchev–Trinajstić information content (AvgIpc) is 2.59. The van der Waals surface area contributed by atoms with Crippen LogP contribution in [0.2, 0.25) is 0 Å². The first-order valence-corrected chi connectivity index (χ1v) is 6.16. The van der Waals surface area contributed by atoms with Crippen molar-refractivity contribution in [1.82, 2.24) is 0 Å². The van der Waals surface area contributed by atoms with Gasteiger partial charge in [0, 0.05) is 14.0 Å². The van der Waals surface area contributed by atoms with Gasteiger partial charge in [0.1, 0.15) is 0 Å². The van der Waals surface area contributed by atoms with E-state index in [-0.39, 0.29) is 6.42 Å². The summed E-state index contributed by atoms with van der Waals surface area (Å²) in [6.07, 6.45) is 0.811. The van der Waals surface area contributed by atoms with Gasteiger partial charge in [0.2, 0.25) is 0 Å². The average molecular weight is 285 g/mol. The first-order chi connectivity index (χ1) is 7.16. The SMILES string of the molecule is O=C(O)CCc1cc2cccc(Br)c2s1. The lowest BCUT2D eigenvalue weighted by Crippen LogP contribution is -1.95. The quantitative estimate of drug-likeness (QED) is 0.934. The number of aliphatic carboxylic acids is 1. The molecular weight excluding hydrogens is 276 g/mol. The number of thiophene rings is 1. The van der Waals surface area contributed by atoms with Crippen LogP contribution in [0, 0.1) is 0 Å². The van der Waals surface area contributed by atoms with Crippen LogP contribution < -0.4 is 0 Å². The normalized spacial score (nSPS) is 10.7. The Morgan fingerprint density at radius 3 is 2.93 bits per heavy atom. The van der Waals surface area contributed by atoms with Crippen molar-refractivity contribution in [2.24, 2.45) is 0 Å². The predicted molar refractivity (Wildman–Crippen MR) is 65.5 cm³/mol. The highest BCUT2D eigenvalue weighted by Gasteiger charge is 2.06. The molecule has 0 saturated heterocycles. The summed E-state index contributed by atoms with van der Waals surface area (Å²) in [6, 6.07) is 8.09. The smallest absolute Gasteiger partial charge is 0.303 e.